The first kappa shape index (κ1) is 19.7. The molecule has 0 aliphatic carbocycles. The van der Waals surface area contributed by atoms with Gasteiger partial charge in [-0.2, -0.15) is 0 Å². The van der Waals surface area contributed by atoms with Gasteiger partial charge in [-0.3, -0.25) is 4.79 Å². The number of likely N-dealkylation sites (tertiary alicyclic amines) is 1. The van der Waals surface area contributed by atoms with Crippen LogP contribution < -0.4 is 10.6 Å². The summed E-state index contributed by atoms with van der Waals surface area (Å²) < 4.78 is 0. The van der Waals surface area contributed by atoms with Gasteiger partial charge in [0.25, 0.3) is 0 Å². The Morgan fingerprint density at radius 3 is 2.60 bits per heavy atom. The van der Waals surface area contributed by atoms with Gasteiger partial charge < -0.3 is 15.5 Å². The molecular weight excluding hydrogens is 330 g/mol. The second-order valence-electron chi connectivity index (χ2n) is 7.01. The molecule has 1 heterocycles. The number of aryl methyl sites for hydroxylation is 2. The Morgan fingerprint density at radius 1 is 1.24 bits per heavy atom. The molecule has 0 unspecified atom stereocenters. The number of carbonyl (C=O) groups excluding carboxylic acids is 1. The zero-order valence-electron chi connectivity index (χ0n) is 15.7. The number of benzene rings is 1. The summed E-state index contributed by atoms with van der Waals surface area (Å²) in [5.41, 5.74) is 3.51. The van der Waals surface area contributed by atoms with Crippen molar-refractivity contribution in [3.8, 4) is 0 Å². The van der Waals surface area contributed by atoms with E-state index in [2.05, 4.69) is 54.5 Å². The summed E-state index contributed by atoms with van der Waals surface area (Å²) in [6.07, 6.45) is 5.17. The van der Waals surface area contributed by atoms with Gasteiger partial charge in [0, 0.05) is 31.2 Å². The number of piperidine rings is 1. The van der Waals surface area contributed by atoms with Crippen molar-refractivity contribution in [2.75, 3.05) is 25.0 Å². The Balaban J connectivity index is 1.77. The minimum absolute atomic E-state index is 0.127. The smallest absolute Gasteiger partial charge is 0.223 e. The Labute approximate surface area is 157 Å². The van der Waals surface area contributed by atoms with Crippen LogP contribution in [-0.2, 0) is 4.79 Å². The van der Waals surface area contributed by atoms with Crippen molar-refractivity contribution in [1.82, 2.24) is 10.2 Å². The van der Waals surface area contributed by atoms with Crippen LogP contribution in [-0.4, -0.2) is 35.6 Å². The van der Waals surface area contributed by atoms with Crippen LogP contribution in [0.2, 0.25) is 0 Å². The van der Waals surface area contributed by atoms with E-state index in [4.69, 9.17) is 12.2 Å². The molecule has 0 spiro atoms. The number of anilines is 1. The molecule has 0 radical (unpaired) electrons. The van der Waals surface area contributed by atoms with Gasteiger partial charge in [-0.05, 0) is 57.0 Å². The number of rotatable bonds is 6. The average molecular weight is 362 g/mol. The van der Waals surface area contributed by atoms with E-state index in [0.29, 0.717) is 0 Å². The molecule has 138 valence electrons. The molecule has 1 saturated heterocycles. The van der Waals surface area contributed by atoms with E-state index in [-0.39, 0.29) is 11.8 Å². The lowest BCUT2D eigenvalue weighted by atomic mass is 9.96. The fourth-order valence-corrected chi connectivity index (χ4v) is 3.52. The topological polar surface area (TPSA) is 44.4 Å². The molecule has 0 bridgehead atoms. The minimum atomic E-state index is 0.127. The maximum absolute atomic E-state index is 12.2. The van der Waals surface area contributed by atoms with Gasteiger partial charge in [0.1, 0.15) is 0 Å². The van der Waals surface area contributed by atoms with Crippen LogP contribution >= 0.6 is 12.2 Å². The second kappa shape index (κ2) is 9.76. The molecule has 25 heavy (non-hydrogen) atoms. The predicted octanol–water partition coefficient (Wildman–Crippen LogP) is 4.02. The molecule has 1 aromatic carbocycles. The first-order chi connectivity index (χ1) is 12.0. The third kappa shape index (κ3) is 5.99. The summed E-state index contributed by atoms with van der Waals surface area (Å²) in [7, 11) is 0. The van der Waals surface area contributed by atoms with Crippen LogP contribution in [0, 0.1) is 19.8 Å². The number of hydrogen-bond donors (Lipinski definition) is 2. The molecule has 1 aliphatic heterocycles. The van der Waals surface area contributed by atoms with Crippen LogP contribution in [0.15, 0.2) is 18.2 Å². The Hall–Kier alpha value is -1.62. The van der Waals surface area contributed by atoms with E-state index >= 15 is 0 Å². The fraction of sp³-hybridized carbons (Fsp3) is 0.600. The second-order valence-corrected chi connectivity index (χ2v) is 7.39. The van der Waals surface area contributed by atoms with E-state index in [9.17, 15) is 4.79 Å². The molecule has 1 fully saturated rings. The third-order valence-corrected chi connectivity index (χ3v) is 5.22. The van der Waals surface area contributed by atoms with Crippen molar-refractivity contribution in [2.45, 2.75) is 52.9 Å². The molecule has 5 heteroatoms. The molecule has 2 N–H and O–H groups in total. The van der Waals surface area contributed by atoms with E-state index in [1.165, 1.54) is 24.0 Å². The van der Waals surface area contributed by atoms with Gasteiger partial charge in [0.15, 0.2) is 5.11 Å². The molecule has 1 amide bonds. The number of unbranched alkanes of at least 4 members (excludes halogenated alkanes) is 2. The van der Waals surface area contributed by atoms with Crippen LogP contribution in [0.3, 0.4) is 0 Å². The number of nitrogens with one attached hydrogen (secondary N) is 2. The lowest BCUT2D eigenvalue weighted by Crippen LogP contribution is -2.44. The fourth-order valence-electron chi connectivity index (χ4n) is 3.22. The number of hydrogen-bond acceptors (Lipinski definition) is 2. The zero-order chi connectivity index (χ0) is 18.2. The molecule has 2 rings (SSSR count). The maximum atomic E-state index is 12.2. The Morgan fingerprint density at radius 2 is 1.96 bits per heavy atom. The van der Waals surface area contributed by atoms with Crippen molar-refractivity contribution in [3.63, 3.8) is 0 Å². The zero-order valence-corrected chi connectivity index (χ0v) is 16.5. The molecule has 1 aromatic rings. The molecule has 4 nitrogen and oxygen atoms in total. The van der Waals surface area contributed by atoms with E-state index in [1.54, 1.807) is 0 Å². The van der Waals surface area contributed by atoms with Gasteiger partial charge in [0.2, 0.25) is 5.91 Å². The highest BCUT2D eigenvalue weighted by Gasteiger charge is 2.25. The first-order valence-corrected chi connectivity index (χ1v) is 9.83. The monoisotopic (exact) mass is 361 g/mol. The van der Waals surface area contributed by atoms with Gasteiger partial charge >= 0.3 is 0 Å². The molecule has 0 atom stereocenters. The quantitative estimate of drug-likeness (QED) is 0.593. The summed E-state index contributed by atoms with van der Waals surface area (Å²) in [6.45, 7) is 8.83. The van der Waals surface area contributed by atoms with Gasteiger partial charge in [-0.15, -0.1) is 0 Å². The lowest BCUT2D eigenvalue weighted by molar-refractivity contribution is -0.126. The van der Waals surface area contributed by atoms with Crippen molar-refractivity contribution >= 4 is 28.9 Å². The van der Waals surface area contributed by atoms with Crippen LogP contribution in [0.1, 0.15) is 50.2 Å². The average Bonchev–Trinajstić information content (AvgIpc) is 2.61. The summed E-state index contributed by atoms with van der Waals surface area (Å²) in [5.74, 6) is 0.339. The van der Waals surface area contributed by atoms with E-state index in [0.717, 1.165) is 49.7 Å². The summed E-state index contributed by atoms with van der Waals surface area (Å²) in [4.78, 5) is 14.4. The SMILES string of the molecule is CCCCCNC(=O)C1CCN(C(=S)Nc2ccc(C)cc2C)CC1. The van der Waals surface area contributed by atoms with Crippen molar-refractivity contribution in [2.24, 2.45) is 5.92 Å². The normalized spacial score (nSPS) is 15.1. The molecule has 0 saturated carbocycles. The lowest BCUT2D eigenvalue weighted by Gasteiger charge is -2.33. The van der Waals surface area contributed by atoms with Gasteiger partial charge in [-0.25, -0.2) is 0 Å². The largest absolute Gasteiger partial charge is 0.356 e. The van der Waals surface area contributed by atoms with Gasteiger partial charge in [0.05, 0.1) is 0 Å². The predicted molar refractivity (Wildman–Crippen MR) is 109 cm³/mol. The summed E-state index contributed by atoms with van der Waals surface area (Å²) >= 11 is 5.57. The Kier molecular flexibility index (Phi) is 7.69. The van der Waals surface area contributed by atoms with Crippen LogP contribution in [0.25, 0.3) is 0 Å². The van der Waals surface area contributed by atoms with Crippen LogP contribution in [0.5, 0.6) is 0 Å². The van der Waals surface area contributed by atoms with Crippen molar-refractivity contribution in [1.29, 1.82) is 0 Å². The van der Waals surface area contributed by atoms with Gasteiger partial charge in [-0.1, -0.05) is 37.5 Å². The summed E-state index contributed by atoms with van der Waals surface area (Å²) in [6, 6.07) is 6.32. The minimum Gasteiger partial charge on any atom is -0.356 e. The number of thiocarbonyl (C=S) groups is 1. The Bertz CT molecular complexity index is 595. The van der Waals surface area contributed by atoms with Crippen molar-refractivity contribution in [3.05, 3.63) is 29.3 Å². The number of carbonyl (C=O) groups is 1. The molecule has 1 aliphatic rings. The molecular formula is C20H31N3OS. The van der Waals surface area contributed by atoms with Crippen molar-refractivity contribution < 1.29 is 4.79 Å². The summed E-state index contributed by atoms with van der Waals surface area (Å²) in [5, 5.41) is 7.19. The highest BCUT2D eigenvalue weighted by Crippen LogP contribution is 2.20. The number of nitrogens with zero attached hydrogens (tertiary/aromatic N) is 1. The maximum Gasteiger partial charge on any atom is 0.223 e. The number of amides is 1. The third-order valence-electron chi connectivity index (χ3n) is 4.86. The first-order valence-electron chi connectivity index (χ1n) is 9.42. The van der Waals surface area contributed by atoms with E-state index in [1.807, 2.05) is 0 Å². The highest BCUT2D eigenvalue weighted by atomic mass is 32.1. The standard InChI is InChI=1S/C20H31N3OS/c1-4-5-6-11-21-19(24)17-9-12-23(13-10-17)20(25)22-18-8-7-15(2)14-16(18)3/h7-8,14,17H,4-6,9-13H2,1-3H3,(H,21,24)(H,22,25). The van der Waals surface area contributed by atoms with E-state index < -0.39 is 0 Å². The van der Waals surface area contributed by atoms with Crippen LogP contribution in [0.4, 0.5) is 5.69 Å². The molecule has 0 aromatic heterocycles. The highest BCUT2D eigenvalue weighted by molar-refractivity contribution is 7.80.